The standard InChI is InChI=1S/C10H12N4O2/c11-7-2-3-8-6(5-7)1-4-9(15)14(8)10(16)13-12/h2-3,5H,1,4,11-12H2,(H,13,16). The monoisotopic (exact) mass is 220 g/mol. The zero-order valence-electron chi connectivity index (χ0n) is 8.56. The fourth-order valence-corrected chi connectivity index (χ4v) is 1.80. The maximum absolute atomic E-state index is 11.6. The van der Waals surface area contributed by atoms with E-state index in [1.165, 1.54) is 0 Å². The number of aryl methyl sites for hydroxylation is 1. The summed E-state index contributed by atoms with van der Waals surface area (Å²) in [5, 5.41) is 0. The highest BCUT2D eigenvalue weighted by Gasteiger charge is 2.28. The number of fused-ring (bicyclic) bond motifs is 1. The van der Waals surface area contributed by atoms with Gasteiger partial charge in [0.05, 0.1) is 5.69 Å². The van der Waals surface area contributed by atoms with Crippen molar-refractivity contribution in [1.82, 2.24) is 5.43 Å². The lowest BCUT2D eigenvalue weighted by molar-refractivity contribution is -0.118. The highest BCUT2D eigenvalue weighted by atomic mass is 16.2. The molecular formula is C10H12N4O2. The quantitative estimate of drug-likeness (QED) is 0.250. The van der Waals surface area contributed by atoms with Gasteiger partial charge in [0.1, 0.15) is 0 Å². The predicted molar refractivity (Wildman–Crippen MR) is 59.4 cm³/mol. The van der Waals surface area contributed by atoms with Crippen molar-refractivity contribution in [2.45, 2.75) is 12.8 Å². The van der Waals surface area contributed by atoms with Gasteiger partial charge in [0.2, 0.25) is 5.91 Å². The molecule has 0 aliphatic carbocycles. The number of carbonyl (C=O) groups excluding carboxylic acids is 2. The summed E-state index contributed by atoms with van der Waals surface area (Å²) in [4.78, 5) is 24.1. The van der Waals surface area contributed by atoms with Crippen molar-refractivity contribution in [3.63, 3.8) is 0 Å². The largest absolute Gasteiger partial charge is 0.399 e. The van der Waals surface area contributed by atoms with Crippen LogP contribution in [0.1, 0.15) is 12.0 Å². The summed E-state index contributed by atoms with van der Waals surface area (Å²) in [6, 6.07) is 4.43. The Balaban J connectivity index is 2.48. The van der Waals surface area contributed by atoms with E-state index in [0.29, 0.717) is 17.8 Å². The van der Waals surface area contributed by atoms with Crippen molar-refractivity contribution in [2.24, 2.45) is 5.84 Å². The Morgan fingerprint density at radius 3 is 2.81 bits per heavy atom. The van der Waals surface area contributed by atoms with Crippen LogP contribution in [0.3, 0.4) is 0 Å². The predicted octanol–water partition coefficient (Wildman–Crippen LogP) is 0.131. The molecule has 6 nitrogen and oxygen atoms in total. The number of nitrogens with two attached hydrogens (primary N) is 2. The first-order valence-electron chi connectivity index (χ1n) is 4.85. The fourth-order valence-electron chi connectivity index (χ4n) is 1.80. The summed E-state index contributed by atoms with van der Waals surface area (Å²) in [6.07, 6.45) is 0.872. The van der Waals surface area contributed by atoms with E-state index in [4.69, 9.17) is 11.6 Å². The van der Waals surface area contributed by atoms with E-state index in [0.717, 1.165) is 10.5 Å². The van der Waals surface area contributed by atoms with Gasteiger partial charge in [0.25, 0.3) is 0 Å². The van der Waals surface area contributed by atoms with Crippen molar-refractivity contribution >= 4 is 23.3 Å². The van der Waals surface area contributed by atoms with Gasteiger partial charge < -0.3 is 5.73 Å². The van der Waals surface area contributed by atoms with Gasteiger partial charge in [-0.05, 0) is 30.2 Å². The van der Waals surface area contributed by atoms with Gasteiger partial charge in [-0.2, -0.15) is 0 Å². The molecule has 0 unspecified atom stereocenters. The molecule has 84 valence electrons. The van der Waals surface area contributed by atoms with Crippen LogP contribution >= 0.6 is 0 Å². The first kappa shape index (κ1) is 10.4. The number of anilines is 2. The van der Waals surface area contributed by atoms with Gasteiger partial charge in [-0.15, -0.1) is 0 Å². The summed E-state index contributed by atoms with van der Waals surface area (Å²) in [5.74, 6) is 4.77. The van der Waals surface area contributed by atoms with E-state index in [1.807, 2.05) is 5.43 Å². The number of imide groups is 1. The van der Waals surface area contributed by atoms with Crippen LogP contribution in [0.2, 0.25) is 0 Å². The Morgan fingerprint density at radius 1 is 1.38 bits per heavy atom. The molecule has 1 aliphatic heterocycles. The molecule has 0 saturated carbocycles. The summed E-state index contributed by atoms with van der Waals surface area (Å²) >= 11 is 0. The third kappa shape index (κ3) is 1.59. The van der Waals surface area contributed by atoms with E-state index in [1.54, 1.807) is 18.2 Å². The molecule has 0 radical (unpaired) electrons. The molecule has 2 rings (SSSR count). The third-order valence-corrected chi connectivity index (χ3v) is 2.53. The van der Waals surface area contributed by atoms with E-state index < -0.39 is 6.03 Å². The molecule has 3 amide bonds. The molecule has 1 heterocycles. The topological polar surface area (TPSA) is 101 Å². The number of hydrazine groups is 1. The van der Waals surface area contributed by atoms with Crippen molar-refractivity contribution < 1.29 is 9.59 Å². The Kier molecular flexibility index (Phi) is 2.49. The minimum Gasteiger partial charge on any atom is -0.399 e. The average molecular weight is 220 g/mol. The molecule has 1 aromatic rings. The lowest BCUT2D eigenvalue weighted by Crippen LogP contribution is -2.48. The van der Waals surface area contributed by atoms with Crippen LogP contribution in [0, 0.1) is 0 Å². The second-order valence-electron chi connectivity index (χ2n) is 3.57. The lowest BCUT2D eigenvalue weighted by Gasteiger charge is -2.27. The second kappa shape index (κ2) is 3.82. The van der Waals surface area contributed by atoms with Crippen molar-refractivity contribution in [2.75, 3.05) is 10.6 Å². The molecule has 1 aromatic carbocycles. The van der Waals surface area contributed by atoms with Crippen LogP contribution < -0.4 is 21.9 Å². The van der Waals surface area contributed by atoms with Crippen LogP contribution in [-0.4, -0.2) is 11.9 Å². The highest BCUT2D eigenvalue weighted by molar-refractivity contribution is 6.15. The van der Waals surface area contributed by atoms with Gasteiger partial charge in [0, 0.05) is 12.1 Å². The molecule has 0 fully saturated rings. The molecule has 0 bridgehead atoms. The Bertz CT molecular complexity index is 458. The number of hydrogen-bond donors (Lipinski definition) is 3. The SMILES string of the molecule is NNC(=O)N1C(=O)CCc2cc(N)ccc21. The summed E-state index contributed by atoms with van der Waals surface area (Å²) in [5.41, 5.74) is 9.64. The fraction of sp³-hybridized carbons (Fsp3) is 0.200. The maximum Gasteiger partial charge on any atom is 0.342 e. The second-order valence-corrected chi connectivity index (χ2v) is 3.57. The number of amides is 3. The minimum atomic E-state index is -0.629. The number of nitrogens with zero attached hydrogens (tertiary/aromatic N) is 1. The molecule has 1 aliphatic rings. The van der Waals surface area contributed by atoms with E-state index in [-0.39, 0.29) is 12.3 Å². The van der Waals surface area contributed by atoms with Gasteiger partial charge in [-0.1, -0.05) is 0 Å². The van der Waals surface area contributed by atoms with E-state index >= 15 is 0 Å². The lowest BCUT2D eigenvalue weighted by atomic mass is 10.0. The van der Waals surface area contributed by atoms with E-state index in [9.17, 15) is 9.59 Å². The number of urea groups is 1. The highest BCUT2D eigenvalue weighted by Crippen LogP contribution is 2.29. The third-order valence-electron chi connectivity index (χ3n) is 2.53. The molecule has 6 heteroatoms. The van der Waals surface area contributed by atoms with Gasteiger partial charge in [-0.25, -0.2) is 15.5 Å². The molecule has 0 saturated heterocycles. The van der Waals surface area contributed by atoms with Crippen molar-refractivity contribution in [3.8, 4) is 0 Å². The van der Waals surface area contributed by atoms with Crippen LogP contribution in [0.15, 0.2) is 18.2 Å². The zero-order valence-corrected chi connectivity index (χ0v) is 8.56. The van der Waals surface area contributed by atoms with Gasteiger partial charge in [0.15, 0.2) is 0 Å². The number of hydrogen-bond acceptors (Lipinski definition) is 4. The molecule has 5 N–H and O–H groups in total. The number of benzene rings is 1. The Morgan fingerprint density at radius 2 is 2.12 bits per heavy atom. The first-order chi connectivity index (χ1) is 7.63. The first-order valence-corrected chi connectivity index (χ1v) is 4.85. The normalized spacial score (nSPS) is 14.6. The van der Waals surface area contributed by atoms with Gasteiger partial charge >= 0.3 is 6.03 Å². The van der Waals surface area contributed by atoms with Gasteiger partial charge in [-0.3, -0.25) is 10.2 Å². The smallest absolute Gasteiger partial charge is 0.342 e. The number of rotatable bonds is 0. The Labute approximate surface area is 92.2 Å². The minimum absolute atomic E-state index is 0.264. The van der Waals surface area contributed by atoms with Crippen molar-refractivity contribution in [1.29, 1.82) is 0 Å². The van der Waals surface area contributed by atoms with Crippen molar-refractivity contribution in [3.05, 3.63) is 23.8 Å². The zero-order chi connectivity index (χ0) is 11.7. The van der Waals surface area contributed by atoms with Crippen LogP contribution in [-0.2, 0) is 11.2 Å². The molecule has 0 spiro atoms. The number of nitrogens with one attached hydrogen (secondary N) is 1. The average Bonchev–Trinajstić information content (AvgIpc) is 2.28. The summed E-state index contributed by atoms with van der Waals surface area (Å²) in [7, 11) is 0. The summed E-state index contributed by atoms with van der Waals surface area (Å²) < 4.78 is 0. The van der Waals surface area contributed by atoms with Crippen LogP contribution in [0.4, 0.5) is 16.2 Å². The number of nitrogen functional groups attached to an aromatic ring is 1. The summed E-state index contributed by atoms with van der Waals surface area (Å²) in [6.45, 7) is 0. The molecule has 0 aromatic heterocycles. The van der Waals surface area contributed by atoms with Crippen LogP contribution in [0.25, 0.3) is 0 Å². The molecular weight excluding hydrogens is 208 g/mol. The number of carbonyl (C=O) groups is 2. The van der Waals surface area contributed by atoms with Crippen LogP contribution in [0.5, 0.6) is 0 Å². The maximum atomic E-state index is 11.6. The van der Waals surface area contributed by atoms with E-state index in [2.05, 4.69) is 0 Å². The molecule has 16 heavy (non-hydrogen) atoms. The molecule has 0 atom stereocenters. The Hall–Kier alpha value is -2.08.